The fraction of sp³-hybridized carbons (Fsp3) is 0.400. The van der Waals surface area contributed by atoms with Gasteiger partial charge < -0.3 is 5.73 Å². The highest BCUT2D eigenvalue weighted by atomic mass is 35.5. The van der Waals surface area contributed by atoms with E-state index in [9.17, 15) is 0 Å². The molecule has 0 aliphatic heterocycles. The molecule has 1 aromatic rings. The second kappa shape index (κ2) is 3.03. The fourth-order valence-electron chi connectivity index (χ4n) is 0.534. The monoisotopic (exact) mass is 162 g/mol. The van der Waals surface area contributed by atoms with Crippen LogP contribution in [0.2, 0.25) is 0 Å². The molecule has 9 heavy (non-hydrogen) atoms. The van der Waals surface area contributed by atoms with Crippen LogP contribution in [0.15, 0.2) is 5.38 Å². The van der Waals surface area contributed by atoms with Crippen molar-refractivity contribution in [2.45, 2.75) is 6.42 Å². The average Bonchev–Trinajstić information content (AvgIpc) is 2.17. The van der Waals surface area contributed by atoms with Crippen molar-refractivity contribution in [3.8, 4) is 0 Å². The molecule has 0 spiro atoms. The molecule has 0 aromatic carbocycles. The molecule has 1 aromatic heterocycles. The van der Waals surface area contributed by atoms with Gasteiger partial charge in [-0.15, -0.1) is 22.9 Å². The minimum Gasteiger partial charge on any atom is -0.375 e. The molecule has 1 rings (SSSR count). The molecule has 0 bridgehead atoms. The Morgan fingerprint density at radius 3 is 3.00 bits per heavy atom. The number of halogens is 1. The van der Waals surface area contributed by atoms with Crippen LogP contribution in [0.5, 0.6) is 0 Å². The summed E-state index contributed by atoms with van der Waals surface area (Å²) in [6.07, 6.45) is 0.815. The van der Waals surface area contributed by atoms with Crippen molar-refractivity contribution in [1.82, 2.24) is 4.98 Å². The number of hydrogen-bond acceptors (Lipinski definition) is 3. The molecule has 2 nitrogen and oxygen atoms in total. The second-order valence-electron chi connectivity index (χ2n) is 1.62. The van der Waals surface area contributed by atoms with Crippen molar-refractivity contribution in [2.24, 2.45) is 0 Å². The van der Waals surface area contributed by atoms with Crippen LogP contribution in [-0.4, -0.2) is 10.9 Å². The van der Waals surface area contributed by atoms with E-state index >= 15 is 0 Å². The fourth-order valence-corrected chi connectivity index (χ4v) is 1.33. The average molecular weight is 163 g/mol. The first kappa shape index (κ1) is 6.83. The van der Waals surface area contributed by atoms with Gasteiger partial charge in [0.2, 0.25) is 0 Å². The first-order valence-corrected chi connectivity index (χ1v) is 4.00. The van der Waals surface area contributed by atoms with E-state index in [0.717, 1.165) is 12.1 Å². The minimum atomic E-state index is 0.614. The molecule has 0 amide bonds. The molecule has 0 radical (unpaired) electrons. The summed E-state index contributed by atoms with van der Waals surface area (Å²) in [7, 11) is 0. The van der Waals surface area contributed by atoms with Crippen molar-refractivity contribution in [3.05, 3.63) is 11.1 Å². The Hall–Kier alpha value is -0.280. The summed E-state index contributed by atoms with van der Waals surface area (Å²) in [6, 6.07) is 0. The molecule has 0 saturated heterocycles. The molecule has 1 heterocycles. The number of thiazole rings is 1. The second-order valence-corrected chi connectivity index (χ2v) is 2.88. The van der Waals surface area contributed by atoms with Gasteiger partial charge in [-0.1, -0.05) is 0 Å². The van der Waals surface area contributed by atoms with Gasteiger partial charge in [-0.05, 0) is 0 Å². The number of hydrogen-bond donors (Lipinski definition) is 1. The number of alkyl halides is 1. The lowest BCUT2D eigenvalue weighted by Gasteiger charge is -1.84. The smallest absolute Gasteiger partial charge is 0.180 e. The number of rotatable bonds is 2. The van der Waals surface area contributed by atoms with Crippen LogP contribution in [0.1, 0.15) is 5.69 Å². The van der Waals surface area contributed by atoms with Crippen LogP contribution in [-0.2, 0) is 6.42 Å². The van der Waals surface area contributed by atoms with E-state index in [0.29, 0.717) is 11.0 Å². The van der Waals surface area contributed by atoms with E-state index in [-0.39, 0.29) is 0 Å². The molecule has 0 atom stereocenters. The van der Waals surface area contributed by atoms with Gasteiger partial charge in [0.1, 0.15) is 0 Å². The molecule has 0 fully saturated rings. The van der Waals surface area contributed by atoms with E-state index in [4.69, 9.17) is 17.3 Å². The Morgan fingerprint density at radius 2 is 2.56 bits per heavy atom. The van der Waals surface area contributed by atoms with Crippen molar-refractivity contribution in [3.63, 3.8) is 0 Å². The summed E-state index contributed by atoms with van der Waals surface area (Å²) in [5.41, 5.74) is 6.37. The third-order valence-corrected chi connectivity index (χ3v) is 1.83. The highest BCUT2D eigenvalue weighted by Gasteiger charge is 1.95. The third kappa shape index (κ3) is 1.84. The maximum absolute atomic E-state index is 5.47. The van der Waals surface area contributed by atoms with E-state index < -0.39 is 0 Å². The highest BCUT2D eigenvalue weighted by Crippen LogP contribution is 2.11. The standard InChI is InChI=1S/C5H7ClN2S/c6-2-1-4-3-9-5(7)8-4/h3H,1-2H2,(H2,7,8). The summed E-state index contributed by atoms with van der Waals surface area (Å²) < 4.78 is 0. The summed E-state index contributed by atoms with van der Waals surface area (Å²) in [6.45, 7) is 0. The van der Waals surface area contributed by atoms with Crippen LogP contribution in [0, 0.1) is 0 Å². The lowest BCUT2D eigenvalue weighted by Crippen LogP contribution is -1.87. The topological polar surface area (TPSA) is 38.9 Å². The predicted molar refractivity (Wildman–Crippen MR) is 41.0 cm³/mol. The van der Waals surface area contributed by atoms with E-state index in [1.54, 1.807) is 0 Å². The lowest BCUT2D eigenvalue weighted by molar-refractivity contribution is 1.07. The van der Waals surface area contributed by atoms with Gasteiger partial charge in [0, 0.05) is 17.7 Å². The first-order chi connectivity index (χ1) is 4.33. The number of aromatic nitrogens is 1. The molecule has 4 heteroatoms. The quantitative estimate of drug-likeness (QED) is 0.670. The molecule has 2 N–H and O–H groups in total. The number of anilines is 1. The van der Waals surface area contributed by atoms with Gasteiger partial charge >= 0.3 is 0 Å². The summed E-state index contributed by atoms with van der Waals surface area (Å²) in [5, 5.41) is 2.55. The molecule has 0 aliphatic rings. The Bertz CT molecular complexity index is 187. The maximum atomic E-state index is 5.47. The molecule has 0 unspecified atom stereocenters. The number of nitrogen functional groups attached to an aromatic ring is 1. The van der Waals surface area contributed by atoms with Crippen LogP contribution in [0.3, 0.4) is 0 Å². The van der Waals surface area contributed by atoms with E-state index in [1.807, 2.05) is 5.38 Å². The van der Waals surface area contributed by atoms with Crippen molar-refractivity contribution in [1.29, 1.82) is 0 Å². The molecular formula is C5H7ClN2S. The van der Waals surface area contributed by atoms with Crippen molar-refractivity contribution < 1.29 is 0 Å². The van der Waals surface area contributed by atoms with Gasteiger partial charge in [0.05, 0.1) is 5.69 Å². The zero-order valence-electron chi connectivity index (χ0n) is 4.80. The summed E-state index contributed by atoms with van der Waals surface area (Å²) in [5.74, 6) is 0.614. The van der Waals surface area contributed by atoms with E-state index in [1.165, 1.54) is 11.3 Å². The zero-order valence-corrected chi connectivity index (χ0v) is 6.37. The molecule has 0 saturated carbocycles. The Kier molecular flexibility index (Phi) is 2.30. The number of nitrogens with zero attached hydrogens (tertiary/aromatic N) is 1. The Balaban J connectivity index is 2.61. The zero-order chi connectivity index (χ0) is 6.69. The predicted octanol–water partition coefficient (Wildman–Crippen LogP) is 1.51. The van der Waals surface area contributed by atoms with Crippen LogP contribution in [0.25, 0.3) is 0 Å². The van der Waals surface area contributed by atoms with Gasteiger partial charge in [-0.3, -0.25) is 0 Å². The van der Waals surface area contributed by atoms with Gasteiger partial charge in [0.25, 0.3) is 0 Å². The molecule has 0 aliphatic carbocycles. The summed E-state index contributed by atoms with van der Waals surface area (Å²) >= 11 is 6.92. The largest absolute Gasteiger partial charge is 0.375 e. The van der Waals surface area contributed by atoms with Crippen LogP contribution >= 0.6 is 22.9 Å². The van der Waals surface area contributed by atoms with Crippen molar-refractivity contribution >= 4 is 28.1 Å². The Morgan fingerprint density at radius 1 is 1.78 bits per heavy atom. The van der Waals surface area contributed by atoms with Crippen LogP contribution < -0.4 is 5.73 Å². The van der Waals surface area contributed by atoms with Crippen LogP contribution in [0.4, 0.5) is 5.13 Å². The SMILES string of the molecule is Nc1nc(CCCl)cs1. The van der Waals surface area contributed by atoms with Gasteiger partial charge in [-0.2, -0.15) is 0 Å². The third-order valence-electron chi connectivity index (χ3n) is 0.920. The molecular weight excluding hydrogens is 156 g/mol. The first-order valence-electron chi connectivity index (χ1n) is 2.59. The molecule has 50 valence electrons. The maximum Gasteiger partial charge on any atom is 0.180 e. The lowest BCUT2D eigenvalue weighted by atomic mass is 10.4. The number of nitrogens with two attached hydrogens (primary N) is 1. The van der Waals surface area contributed by atoms with Crippen molar-refractivity contribution in [2.75, 3.05) is 11.6 Å². The Labute approximate surface area is 62.7 Å². The number of aryl methyl sites for hydroxylation is 1. The van der Waals surface area contributed by atoms with Gasteiger partial charge in [-0.25, -0.2) is 4.98 Å². The van der Waals surface area contributed by atoms with Gasteiger partial charge in [0.15, 0.2) is 5.13 Å². The normalized spacial score (nSPS) is 9.89. The minimum absolute atomic E-state index is 0.614. The summed E-state index contributed by atoms with van der Waals surface area (Å²) in [4.78, 5) is 4.01. The highest BCUT2D eigenvalue weighted by molar-refractivity contribution is 7.13. The van der Waals surface area contributed by atoms with E-state index in [2.05, 4.69) is 4.98 Å².